The Morgan fingerprint density at radius 2 is 2.00 bits per heavy atom. The van der Waals surface area contributed by atoms with E-state index in [4.69, 9.17) is 9.47 Å². The maximum Gasteiger partial charge on any atom is 0.231 e. The molecule has 1 aromatic carbocycles. The van der Waals surface area contributed by atoms with Crippen LogP contribution in [0.2, 0.25) is 0 Å². The van der Waals surface area contributed by atoms with Gasteiger partial charge in [0, 0.05) is 12.0 Å². The van der Waals surface area contributed by atoms with Crippen molar-refractivity contribution in [2.45, 2.75) is 18.4 Å². The van der Waals surface area contributed by atoms with Crippen LogP contribution in [0, 0.1) is 0 Å². The molecule has 1 fully saturated rings. The Kier molecular flexibility index (Phi) is 1.89. The van der Waals surface area contributed by atoms with Crippen molar-refractivity contribution in [3.05, 3.63) is 23.8 Å². The van der Waals surface area contributed by atoms with E-state index < -0.39 is 0 Å². The van der Waals surface area contributed by atoms with Gasteiger partial charge in [-0.05, 0) is 38.2 Å². The Balaban J connectivity index is 1.83. The van der Waals surface area contributed by atoms with Gasteiger partial charge < -0.3 is 14.4 Å². The molecule has 1 heterocycles. The zero-order valence-electron chi connectivity index (χ0n) is 9.06. The molecule has 0 spiro atoms. The van der Waals surface area contributed by atoms with Crippen molar-refractivity contribution in [1.29, 1.82) is 0 Å². The smallest absolute Gasteiger partial charge is 0.231 e. The molecule has 1 aliphatic heterocycles. The third kappa shape index (κ3) is 1.47. The molecule has 1 aromatic rings. The second-order valence-corrected chi connectivity index (χ2v) is 4.49. The minimum Gasteiger partial charge on any atom is -0.454 e. The van der Waals surface area contributed by atoms with Crippen LogP contribution in [0.25, 0.3) is 0 Å². The first-order valence-electron chi connectivity index (χ1n) is 5.31. The molecule has 3 rings (SSSR count). The summed E-state index contributed by atoms with van der Waals surface area (Å²) in [6.07, 6.45) is 1.26. The van der Waals surface area contributed by atoms with E-state index in [1.54, 1.807) is 0 Å². The van der Waals surface area contributed by atoms with Crippen molar-refractivity contribution in [3.8, 4) is 11.5 Å². The Morgan fingerprint density at radius 1 is 1.20 bits per heavy atom. The predicted octanol–water partition coefficient (Wildman–Crippen LogP) is 1.83. The number of benzene rings is 1. The van der Waals surface area contributed by atoms with E-state index >= 15 is 0 Å². The monoisotopic (exact) mass is 205 g/mol. The summed E-state index contributed by atoms with van der Waals surface area (Å²) in [5, 5.41) is 0. The van der Waals surface area contributed by atoms with Crippen LogP contribution in [0.3, 0.4) is 0 Å². The van der Waals surface area contributed by atoms with E-state index in [9.17, 15) is 0 Å². The maximum absolute atomic E-state index is 5.38. The molecule has 15 heavy (non-hydrogen) atoms. The van der Waals surface area contributed by atoms with E-state index in [-0.39, 0.29) is 0 Å². The fourth-order valence-electron chi connectivity index (χ4n) is 2.25. The first kappa shape index (κ1) is 9.04. The number of hydrogen-bond donors (Lipinski definition) is 0. The van der Waals surface area contributed by atoms with E-state index in [1.165, 1.54) is 12.0 Å². The molecule has 1 saturated carbocycles. The molecular weight excluding hydrogens is 190 g/mol. The van der Waals surface area contributed by atoms with Gasteiger partial charge in [0.2, 0.25) is 6.79 Å². The molecule has 2 aliphatic rings. The number of rotatable bonds is 2. The molecule has 2 atom stereocenters. The zero-order chi connectivity index (χ0) is 10.4. The highest BCUT2D eigenvalue weighted by Crippen LogP contribution is 2.46. The molecule has 0 bridgehead atoms. The van der Waals surface area contributed by atoms with E-state index in [0.29, 0.717) is 18.8 Å². The van der Waals surface area contributed by atoms with Crippen molar-refractivity contribution in [1.82, 2.24) is 4.90 Å². The summed E-state index contributed by atoms with van der Waals surface area (Å²) in [4.78, 5) is 2.29. The molecule has 0 N–H and O–H groups in total. The Morgan fingerprint density at radius 3 is 2.73 bits per heavy atom. The highest BCUT2D eigenvalue weighted by Gasteiger charge is 2.40. The van der Waals surface area contributed by atoms with Crippen LogP contribution in [-0.2, 0) is 0 Å². The fourth-order valence-corrected chi connectivity index (χ4v) is 2.25. The molecule has 3 heteroatoms. The van der Waals surface area contributed by atoms with Gasteiger partial charge in [-0.2, -0.15) is 0 Å². The summed E-state index contributed by atoms with van der Waals surface area (Å²) in [6, 6.07) is 6.99. The lowest BCUT2D eigenvalue weighted by Crippen LogP contribution is -2.15. The zero-order valence-corrected chi connectivity index (χ0v) is 9.06. The highest BCUT2D eigenvalue weighted by molar-refractivity contribution is 5.46. The van der Waals surface area contributed by atoms with Crippen LogP contribution < -0.4 is 9.47 Å². The summed E-state index contributed by atoms with van der Waals surface area (Å²) < 4.78 is 10.7. The predicted molar refractivity (Wildman–Crippen MR) is 57.4 cm³/mol. The standard InChI is InChI=1S/C12H15NO2/c1-13(2)10-6-9(10)8-3-4-11-12(5-8)15-7-14-11/h3-5,9-10H,6-7H2,1-2H3. The van der Waals surface area contributed by atoms with Gasteiger partial charge in [-0.1, -0.05) is 6.07 Å². The first-order valence-corrected chi connectivity index (χ1v) is 5.31. The second kappa shape index (κ2) is 3.14. The molecule has 0 saturated heterocycles. The highest BCUT2D eigenvalue weighted by atomic mass is 16.7. The van der Waals surface area contributed by atoms with Crippen LogP contribution in [-0.4, -0.2) is 31.8 Å². The average molecular weight is 205 g/mol. The summed E-state index contributed by atoms with van der Waals surface area (Å²) in [6.45, 7) is 0.362. The van der Waals surface area contributed by atoms with E-state index in [2.05, 4.69) is 31.1 Å². The molecule has 3 nitrogen and oxygen atoms in total. The molecule has 0 aromatic heterocycles. The minimum absolute atomic E-state index is 0.362. The molecular formula is C12H15NO2. The van der Waals surface area contributed by atoms with Gasteiger partial charge in [-0.25, -0.2) is 0 Å². The summed E-state index contributed by atoms with van der Waals surface area (Å²) in [7, 11) is 4.27. The van der Waals surface area contributed by atoms with Crippen molar-refractivity contribution in [2.75, 3.05) is 20.9 Å². The van der Waals surface area contributed by atoms with Crippen molar-refractivity contribution >= 4 is 0 Å². The average Bonchev–Trinajstić information content (AvgIpc) is 2.89. The summed E-state index contributed by atoms with van der Waals surface area (Å²) in [5.41, 5.74) is 1.37. The lowest BCUT2D eigenvalue weighted by atomic mass is 10.1. The Hall–Kier alpha value is -1.22. The lowest BCUT2D eigenvalue weighted by Gasteiger charge is -2.08. The summed E-state index contributed by atoms with van der Waals surface area (Å²) in [5.74, 6) is 2.45. The van der Waals surface area contributed by atoms with Gasteiger partial charge in [0.1, 0.15) is 0 Å². The summed E-state index contributed by atoms with van der Waals surface area (Å²) >= 11 is 0. The van der Waals surface area contributed by atoms with E-state index in [0.717, 1.165) is 11.5 Å². The Bertz CT molecular complexity index is 389. The molecule has 2 unspecified atom stereocenters. The van der Waals surface area contributed by atoms with Crippen LogP contribution in [0.15, 0.2) is 18.2 Å². The van der Waals surface area contributed by atoms with Crippen molar-refractivity contribution in [2.24, 2.45) is 0 Å². The van der Waals surface area contributed by atoms with Gasteiger partial charge in [0.25, 0.3) is 0 Å². The van der Waals surface area contributed by atoms with Gasteiger partial charge in [0.05, 0.1) is 0 Å². The first-order chi connectivity index (χ1) is 7.25. The van der Waals surface area contributed by atoms with Crippen molar-refractivity contribution in [3.63, 3.8) is 0 Å². The van der Waals surface area contributed by atoms with Gasteiger partial charge in [-0.3, -0.25) is 0 Å². The normalized spacial score (nSPS) is 27.1. The van der Waals surface area contributed by atoms with Gasteiger partial charge in [-0.15, -0.1) is 0 Å². The Labute approximate surface area is 89.6 Å². The third-order valence-corrected chi connectivity index (χ3v) is 3.24. The second-order valence-electron chi connectivity index (χ2n) is 4.49. The molecule has 1 aliphatic carbocycles. The largest absolute Gasteiger partial charge is 0.454 e. The fraction of sp³-hybridized carbons (Fsp3) is 0.500. The van der Waals surface area contributed by atoms with Crippen LogP contribution in [0.4, 0.5) is 0 Å². The van der Waals surface area contributed by atoms with Gasteiger partial charge >= 0.3 is 0 Å². The van der Waals surface area contributed by atoms with Crippen LogP contribution in [0.1, 0.15) is 17.9 Å². The lowest BCUT2D eigenvalue weighted by molar-refractivity contribution is 0.174. The quantitative estimate of drug-likeness (QED) is 0.735. The molecule has 0 radical (unpaired) electrons. The maximum atomic E-state index is 5.38. The van der Waals surface area contributed by atoms with Crippen molar-refractivity contribution < 1.29 is 9.47 Å². The van der Waals surface area contributed by atoms with Gasteiger partial charge in [0.15, 0.2) is 11.5 Å². The van der Waals surface area contributed by atoms with Crippen LogP contribution in [0.5, 0.6) is 11.5 Å². The number of hydrogen-bond acceptors (Lipinski definition) is 3. The number of ether oxygens (including phenoxy) is 2. The number of likely N-dealkylation sites (N-methyl/N-ethyl adjacent to an activating group) is 1. The molecule has 80 valence electrons. The topological polar surface area (TPSA) is 21.7 Å². The number of nitrogens with zero attached hydrogens (tertiary/aromatic N) is 1. The van der Waals surface area contributed by atoms with Crippen LogP contribution >= 0.6 is 0 Å². The minimum atomic E-state index is 0.362. The molecule has 0 amide bonds. The van der Waals surface area contributed by atoms with E-state index in [1.807, 2.05) is 6.07 Å². The third-order valence-electron chi connectivity index (χ3n) is 3.24. The SMILES string of the molecule is CN(C)C1CC1c1ccc2c(c1)OCO2. The number of fused-ring (bicyclic) bond motifs is 1.